The van der Waals surface area contributed by atoms with Crippen molar-refractivity contribution in [2.45, 2.75) is 31.7 Å². The molecule has 17 heavy (non-hydrogen) atoms. The van der Waals surface area contributed by atoms with E-state index in [9.17, 15) is 0 Å². The van der Waals surface area contributed by atoms with Gasteiger partial charge in [0, 0.05) is 24.5 Å². The predicted octanol–water partition coefficient (Wildman–Crippen LogP) is 1.80. The summed E-state index contributed by atoms with van der Waals surface area (Å²) in [6, 6.07) is 6.38. The molecular formula is C14H22N2O. The van der Waals surface area contributed by atoms with E-state index in [0.717, 1.165) is 25.3 Å². The Hall–Kier alpha value is -1.06. The Kier molecular flexibility index (Phi) is 3.40. The lowest BCUT2D eigenvalue weighted by Gasteiger charge is -2.29. The molecule has 2 atom stereocenters. The molecule has 0 spiro atoms. The first-order valence-corrected chi connectivity index (χ1v) is 6.25. The Morgan fingerprint density at radius 1 is 1.53 bits per heavy atom. The molecule has 1 aromatic carbocycles. The molecule has 1 saturated heterocycles. The van der Waals surface area contributed by atoms with Crippen LogP contribution in [0, 0.1) is 6.92 Å². The zero-order valence-corrected chi connectivity index (χ0v) is 10.9. The second kappa shape index (κ2) is 4.67. The van der Waals surface area contributed by atoms with Gasteiger partial charge in [-0.15, -0.1) is 0 Å². The summed E-state index contributed by atoms with van der Waals surface area (Å²) in [7, 11) is 1.71. The number of rotatable bonds is 3. The standard InChI is InChI=1S/C14H22N2O/c1-4-14(15)9-16-8-12(14)11-5-6-13(17-3)10(2)7-11/h5-7,12,16H,4,8-9,15H2,1-3H3. The Morgan fingerprint density at radius 2 is 2.29 bits per heavy atom. The van der Waals surface area contributed by atoms with Gasteiger partial charge in [0.2, 0.25) is 0 Å². The number of hydrogen-bond donors (Lipinski definition) is 2. The molecule has 94 valence electrons. The molecule has 1 aromatic rings. The van der Waals surface area contributed by atoms with E-state index in [1.165, 1.54) is 11.1 Å². The van der Waals surface area contributed by atoms with Gasteiger partial charge in [-0.25, -0.2) is 0 Å². The van der Waals surface area contributed by atoms with Gasteiger partial charge in [-0.1, -0.05) is 19.1 Å². The van der Waals surface area contributed by atoms with Crippen LogP contribution in [0.1, 0.15) is 30.4 Å². The lowest BCUT2D eigenvalue weighted by molar-refractivity contribution is 0.401. The quantitative estimate of drug-likeness (QED) is 0.838. The monoisotopic (exact) mass is 234 g/mol. The Morgan fingerprint density at radius 3 is 2.88 bits per heavy atom. The van der Waals surface area contributed by atoms with Crippen molar-refractivity contribution in [3.63, 3.8) is 0 Å². The molecule has 0 amide bonds. The highest BCUT2D eigenvalue weighted by molar-refractivity contribution is 5.39. The highest BCUT2D eigenvalue weighted by atomic mass is 16.5. The van der Waals surface area contributed by atoms with Crippen molar-refractivity contribution in [3.8, 4) is 5.75 Å². The summed E-state index contributed by atoms with van der Waals surface area (Å²) in [6.07, 6.45) is 0.996. The van der Waals surface area contributed by atoms with E-state index in [4.69, 9.17) is 10.5 Å². The van der Waals surface area contributed by atoms with E-state index in [-0.39, 0.29) is 5.54 Å². The zero-order chi connectivity index (χ0) is 12.5. The maximum Gasteiger partial charge on any atom is 0.121 e. The van der Waals surface area contributed by atoms with Gasteiger partial charge in [-0.05, 0) is 30.5 Å². The minimum atomic E-state index is -0.110. The van der Waals surface area contributed by atoms with E-state index in [1.54, 1.807) is 7.11 Å². The molecule has 0 saturated carbocycles. The van der Waals surface area contributed by atoms with E-state index < -0.39 is 0 Å². The van der Waals surface area contributed by atoms with Gasteiger partial charge in [0.15, 0.2) is 0 Å². The second-order valence-electron chi connectivity index (χ2n) is 5.00. The van der Waals surface area contributed by atoms with Gasteiger partial charge < -0.3 is 15.8 Å². The Bertz CT molecular complexity index is 405. The van der Waals surface area contributed by atoms with Crippen LogP contribution in [0.15, 0.2) is 18.2 Å². The third kappa shape index (κ3) is 2.17. The molecular weight excluding hydrogens is 212 g/mol. The summed E-state index contributed by atoms with van der Waals surface area (Å²) >= 11 is 0. The zero-order valence-electron chi connectivity index (χ0n) is 10.9. The van der Waals surface area contributed by atoms with Crippen LogP contribution >= 0.6 is 0 Å². The van der Waals surface area contributed by atoms with Crippen LogP contribution in [0.4, 0.5) is 0 Å². The summed E-state index contributed by atoms with van der Waals surface area (Å²) in [5.74, 6) is 1.34. The number of nitrogens with two attached hydrogens (primary N) is 1. The van der Waals surface area contributed by atoms with Crippen molar-refractivity contribution in [3.05, 3.63) is 29.3 Å². The van der Waals surface area contributed by atoms with Crippen LogP contribution in [0.2, 0.25) is 0 Å². The van der Waals surface area contributed by atoms with Crippen LogP contribution in [-0.2, 0) is 0 Å². The lowest BCUT2D eigenvalue weighted by atomic mass is 9.80. The highest BCUT2D eigenvalue weighted by Crippen LogP contribution is 2.34. The summed E-state index contributed by atoms with van der Waals surface area (Å²) in [5, 5.41) is 3.40. The van der Waals surface area contributed by atoms with Crippen LogP contribution in [0.25, 0.3) is 0 Å². The van der Waals surface area contributed by atoms with Gasteiger partial charge >= 0.3 is 0 Å². The molecule has 3 heteroatoms. The molecule has 3 nitrogen and oxygen atoms in total. The molecule has 0 aliphatic carbocycles. The molecule has 1 aliphatic rings. The van der Waals surface area contributed by atoms with Gasteiger partial charge in [0.25, 0.3) is 0 Å². The maximum absolute atomic E-state index is 6.46. The summed E-state index contributed by atoms with van der Waals surface area (Å²) < 4.78 is 5.29. The minimum absolute atomic E-state index is 0.110. The first kappa shape index (κ1) is 12.4. The number of benzene rings is 1. The van der Waals surface area contributed by atoms with Crippen LogP contribution in [0.3, 0.4) is 0 Å². The lowest BCUT2D eigenvalue weighted by Crippen LogP contribution is -2.45. The van der Waals surface area contributed by atoms with Crippen molar-refractivity contribution in [1.29, 1.82) is 0 Å². The molecule has 2 unspecified atom stereocenters. The van der Waals surface area contributed by atoms with E-state index in [2.05, 4.69) is 31.3 Å². The molecule has 0 radical (unpaired) electrons. The average molecular weight is 234 g/mol. The molecule has 2 rings (SSSR count). The summed E-state index contributed by atoms with van der Waals surface area (Å²) in [6.45, 7) is 6.11. The molecule has 1 fully saturated rings. The summed E-state index contributed by atoms with van der Waals surface area (Å²) in [4.78, 5) is 0. The predicted molar refractivity (Wildman–Crippen MR) is 70.6 cm³/mol. The van der Waals surface area contributed by atoms with Crippen molar-refractivity contribution in [2.75, 3.05) is 20.2 Å². The fourth-order valence-electron chi connectivity index (χ4n) is 2.72. The van der Waals surface area contributed by atoms with E-state index in [1.807, 2.05) is 6.07 Å². The normalized spacial score (nSPS) is 28.4. The number of hydrogen-bond acceptors (Lipinski definition) is 3. The molecule has 1 heterocycles. The number of methoxy groups -OCH3 is 1. The maximum atomic E-state index is 6.46. The van der Waals surface area contributed by atoms with Gasteiger partial charge in [-0.2, -0.15) is 0 Å². The van der Waals surface area contributed by atoms with Crippen LogP contribution in [0.5, 0.6) is 5.75 Å². The van der Waals surface area contributed by atoms with Crippen molar-refractivity contribution >= 4 is 0 Å². The molecule has 0 aromatic heterocycles. The van der Waals surface area contributed by atoms with Crippen LogP contribution < -0.4 is 15.8 Å². The fourth-order valence-corrected chi connectivity index (χ4v) is 2.72. The van der Waals surface area contributed by atoms with Crippen molar-refractivity contribution < 1.29 is 4.74 Å². The van der Waals surface area contributed by atoms with E-state index in [0.29, 0.717) is 5.92 Å². The first-order chi connectivity index (χ1) is 8.10. The number of ether oxygens (including phenoxy) is 1. The van der Waals surface area contributed by atoms with Gasteiger partial charge in [0.1, 0.15) is 5.75 Å². The topological polar surface area (TPSA) is 47.3 Å². The van der Waals surface area contributed by atoms with Gasteiger partial charge in [-0.3, -0.25) is 0 Å². The van der Waals surface area contributed by atoms with E-state index >= 15 is 0 Å². The second-order valence-corrected chi connectivity index (χ2v) is 5.00. The first-order valence-electron chi connectivity index (χ1n) is 6.25. The Labute approximate surface area is 103 Å². The fraction of sp³-hybridized carbons (Fsp3) is 0.571. The molecule has 3 N–H and O–H groups in total. The Balaban J connectivity index is 2.31. The average Bonchev–Trinajstić information content (AvgIpc) is 2.72. The van der Waals surface area contributed by atoms with Crippen LogP contribution in [-0.4, -0.2) is 25.7 Å². The highest BCUT2D eigenvalue weighted by Gasteiger charge is 2.38. The SMILES string of the molecule is CCC1(N)CNCC1c1ccc(OC)c(C)c1. The molecule has 1 aliphatic heterocycles. The third-order valence-corrected chi connectivity index (χ3v) is 3.98. The smallest absolute Gasteiger partial charge is 0.121 e. The third-order valence-electron chi connectivity index (χ3n) is 3.98. The number of aryl methyl sites for hydroxylation is 1. The molecule has 0 bridgehead atoms. The number of nitrogens with one attached hydrogen (secondary N) is 1. The van der Waals surface area contributed by atoms with Gasteiger partial charge in [0.05, 0.1) is 7.11 Å². The minimum Gasteiger partial charge on any atom is -0.496 e. The largest absolute Gasteiger partial charge is 0.496 e. The van der Waals surface area contributed by atoms with Crippen molar-refractivity contribution in [2.24, 2.45) is 5.73 Å². The summed E-state index contributed by atoms with van der Waals surface area (Å²) in [5.41, 5.74) is 8.84. The van der Waals surface area contributed by atoms with Crippen molar-refractivity contribution in [1.82, 2.24) is 5.32 Å².